The first-order chi connectivity index (χ1) is 21.2. The van der Waals surface area contributed by atoms with Crippen LogP contribution in [0.15, 0.2) is 54.9 Å². The largest absolute Gasteiger partial charge is 0.462 e. The van der Waals surface area contributed by atoms with Crippen LogP contribution in [-0.2, 0) is 4.79 Å². The minimum Gasteiger partial charge on any atom is -0.462 e. The van der Waals surface area contributed by atoms with Gasteiger partial charge >= 0.3 is 6.01 Å². The van der Waals surface area contributed by atoms with Crippen LogP contribution in [0.25, 0.3) is 33.1 Å². The molecule has 0 saturated carbocycles. The number of halogens is 3. The summed E-state index contributed by atoms with van der Waals surface area (Å²) >= 11 is 6.56. The fourth-order valence-corrected chi connectivity index (χ4v) is 6.38. The highest BCUT2D eigenvalue weighted by Gasteiger charge is 2.34. The number of piperazine rings is 1. The number of pyridine rings is 1. The van der Waals surface area contributed by atoms with Crippen molar-refractivity contribution in [3.05, 3.63) is 65.7 Å². The number of hydrogen-bond donors (Lipinski definition) is 0. The van der Waals surface area contributed by atoms with Crippen molar-refractivity contribution in [1.29, 1.82) is 5.26 Å². The van der Waals surface area contributed by atoms with Gasteiger partial charge in [0.15, 0.2) is 11.5 Å². The number of rotatable bonds is 7. The average Bonchev–Trinajstić information content (AvgIpc) is 3.43. The average molecular weight is 618 g/mol. The van der Waals surface area contributed by atoms with E-state index in [1.807, 2.05) is 36.2 Å². The van der Waals surface area contributed by atoms with E-state index in [-0.39, 0.29) is 49.4 Å². The van der Waals surface area contributed by atoms with Gasteiger partial charge in [0.05, 0.1) is 23.9 Å². The molecule has 0 spiro atoms. The summed E-state index contributed by atoms with van der Waals surface area (Å²) in [7, 11) is 2.04. The van der Waals surface area contributed by atoms with Crippen molar-refractivity contribution in [2.45, 2.75) is 31.3 Å². The minimum absolute atomic E-state index is 0.0332. The molecule has 0 aliphatic carbocycles. The van der Waals surface area contributed by atoms with Crippen LogP contribution in [-0.4, -0.2) is 82.6 Å². The maximum atomic E-state index is 16.0. The van der Waals surface area contributed by atoms with Gasteiger partial charge in [-0.25, -0.2) is 13.8 Å². The lowest BCUT2D eigenvalue weighted by Gasteiger charge is -2.41. The molecule has 0 bridgehead atoms. The second-order valence-corrected chi connectivity index (χ2v) is 11.5. The van der Waals surface area contributed by atoms with Crippen molar-refractivity contribution >= 4 is 45.1 Å². The number of nitriles is 1. The summed E-state index contributed by atoms with van der Waals surface area (Å²) in [4.78, 5) is 31.8. The third-order valence-corrected chi connectivity index (χ3v) is 8.70. The molecular formula is C32H30ClF2N7O2. The van der Waals surface area contributed by atoms with Crippen LogP contribution in [0.3, 0.4) is 0 Å². The summed E-state index contributed by atoms with van der Waals surface area (Å²) in [5.74, 6) is -2.18. The molecule has 2 aromatic carbocycles. The highest BCUT2D eigenvalue weighted by molar-refractivity contribution is 6.36. The van der Waals surface area contributed by atoms with E-state index >= 15 is 4.39 Å². The molecular weight excluding hydrogens is 588 g/mol. The second-order valence-electron chi connectivity index (χ2n) is 11.1. The molecule has 2 fully saturated rings. The molecule has 4 heterocycles. The van der Waals surface area contributed by atoms with Crippen LogP contribution in [0, 0.1) is 17.1 Å². The number of benzene rings is 2. The Bertz CT molecular complexity index is 1810. The van der Waals surface area contributed by atoms with Crippen molar-refractivity contribution < 1.29 is 18.3 Å². The van der Waals surface area contributed by atoms with Gasteiger partial charge in [0.2, 0.25) is 0 Å². The second kappa shape index (κ2) is 12.3. The Labute approximate surface area is 258 Å². The first-order valence-electron chi connectivity index (χ1n) is 14.4. The van der Waals surface area contributed by atoms with Gasteiger partial charge in [-0.3, -0.25) is 4.79 Å². The van der Waals surface area contributed by atoms with Crippen LogP contribution < -0.4 is 9.64 Å². The fraction of sp³-hybridized carbons (Fsp3) is 0.344. The molecule has 2 saturated heterocycles. The van der Waals surface area contributed by atoms with Gasteiger partial charge in [-0.15, -0.1) is 0 Å². The molecule has 1 unspecified atom stereocenters. The van der Waals surface area contributed by atoms with E-state index in [9.17, 15) is 14.4 Å². The van der Waals surface area contributed by atoms with Crippen LogP contribution in [0.4, 0.5) is 14.6 Å². The van der Waals surface area contributed by atoms with Crippen molar-refractivity contribution in [3.63, 3.8) is 0 Å². The van der Waals surface area contributed by atoms with Crippen LogP contribution >= 0.6 is 11.6 Å². The van der Waals surface area contributed by atoms with Crippen molar-refractivity contribution in [3.8, 4) is 23.3 Å². The number of hydrogen-bond acceptors (Lipinski definition) is 8. The van der Waals surface area contributed by atoms with Gasteiger partial charge in [-0.2, -0.15) is 15.2 Å². The van der Waals surface area contributed by atoms with Crippen LogP contribution in [0.1, 0.15) is 19.3 Å². The topological polar surface area (TPSA) is 98.5 Å². The van der Waals surface area contributed by atoms with Crippen molar-refractivity contribution in [2.24, 2.45) is 0 Å². The number of likely N-dealkylation sites (tertiary alicyclic amines) is 1. The Morgan fingerprint density at radius 3 is 2.68 bits per heavy atom. The number of carbonyl (C=O) groups excluding carboxylic acids is 1. The first-order valence-corrected chi connectivity index (χ1v) is 14.8. The number of carbonyl (C=O) groups is 1. The maximum Gasteiger partial charge on any atom is 0.320 e. The first kappa shape index (κ1) is 29.7. The third-order valence-electron chi connectivity index (χ3n) is 8.39. The fourth-order valence-electron chi connectivity index (χ4n) is 6.09. The Morgan fingerprint density at radius 1 is 1.16 bits per heavy atom. The standard InChI is InChI=1S/C32H30ClF2N7O2/c1-19(34)31(43)42-15-14-41(17-21(42)11-12-36)30-24-16-26(35)28(23-9-3-6-20-7-4-10-25(33)27(20)23)37-29(24)38-32(39-30)44-18-22-8-5-13-40(22)2/h3-4,6-7,9-10,16,21-22H,1,5,8,11,13-15,17-18H2,2H3/t21-,22?/m0/s1. The molecule has 0 N–H and O–H groups in total. The summed E-state index contributed by atoms with van der Waals surface area (Å²) in [6.45, 7) is 5.00. The van der Waals surface area contributed by atoms with Gasteiger partial charge in [-0.1, -0.05) is 48.5 Å². The number of likely N-dealkylation sites (N-methyl/N-ethyl adjacent to an activating group) is 1. The number of aromatic nitrogens is 3. The Balaban J connectivity index is 1.45. The zero-order valence-corrected chi connectivity index (χ0v) is 24.9. The molecule has 2 atom stereocenters. The molecule has 6 rings (SSSR count). The Morgan fingerprint density at radius 2 is 1.95 bits per heavy atom. The van der Waals surface area contributed by atoms with Crippen molar-refractivity contribution in [1.82, 2.24) is 24.8 Å². The highest BCUT2D eigenvalue weighted by Crippen LogP contribution is 2.37. The number of fused-ring (bicyclic) bond motifs is 2. The molecule has 2 aromatic heterocycles. The molecule has 1 amide bonds. The van der Waals surface area contributed by atoms with Gasteiger partial charge in [0.25, 0.3) is 5.91 Å². The third kappa shape index (κ3) is 5.63. The molecule has 4 aromatic rings. The molecule has 9 nitrogen and oxygen atoms in total. The number of ether oxygens (including phenoxy) is 1. The number of amides is 1. The summed E-state index contributed by atoms with van der Waals surface area (Å²) in [6.07, 6.45) is 2.02. The molecule has 12 heteroatoms. The molecule has 2 aliphatic rings. The summed E-state index contributed by atoms with van der Waals surface area (Å²) < 4.78 is 35.9. The summed E-state index contributed by atoms with van der Waals surface area (Å²) in [5, 5.41) is 11.8. The summed E-state index contributed by atoms with van der Waals surface area (Å²) in [5.41, 5.74) is 0.828. The Hall–Kier alpha value is -4.40. The molecule has 44 heavy (non-hydrogen) atoms. The molecule has 0 radical (unpaired) electrons. The normalized spacial score (nSPS) is 19.0. The zero-order valence-electron chi connectivity index (χ0n) is 24.1. The zero-order chi connectivity index (χ0) is 31.0. The van der Waals surface area contributed by atoms with Crippen molar-refractivity contribution in [2.75, 3.05) is 44.7 Å². The highest BCUT2D eigenvalue weighted by atomic mass is 35.5. The summed E-state index contributed by atoms with van der Waals surface area (Å²) in [6, 6.07) is 14.0. The molecule has 2 aliphatic heterocycles. The van der Waals surface area contributed by atoms with E-state index in [1.54, 1.807) is 12.1 Å². The van der Waals surface area contributed by atoms with Gasteiger partial charge in [0, 0.05) is 41.6 Å². The van der Waals surface area contributed by atoms with Crippen LogP contribution in [0.2, 0.25) is 5.02 Å². The predicted octanol–water partition coefficient (Wildman–Crippen LogP) is 5.52. The monoisotopic (exact) mass is 617 g/mol. The maximum absolute atomic E-state index is 16.0. The number of nitrogens with zero attached hydrogens (tertiary/aromatic N) is 7. The lowest BCUT2D eigenvalue weighted by Crippen LogP contribution is -2.55. The van der Waals surface area contributed by atoms with E-state index in [0.717, 1.165) is 24.8 Å². The van der Waals surface area contributed by atoms with Crippen LogP contribution in [0.5, 0.6) is 6.01 Å². The van der Waals surface area contributed by atoms with Gasteiger partial charge in [0.1, 0.15) is 23.9 Å². The smallest absolute Gasteiger partial charge is 0.320 e. The van der Waals surface area contributed by atoms with E-state index in [4.69, 9.17) is 16.3 Å². The van der Waals surface area contributed by atoms with E-state index in [2.05, 4.69) is 32.5 Å². The lowest BCUT2D eigenvalue weighted by molar-refractivity contribution is -0.131. The quantitative estimate of drug-likeness (QED) is 0.250. The van der Waals surface area contributed by atoms with E-state index in [0.29, 0.717) is 33.8 Å². The van der Waals surface area contributed by atoms with E-state index < -0.39 is 23.6 Å². The molecule has 226 valence electrons. The minimum atomic E-state index is -1.09. The lowest BCUT2D eigenvalue weighted by atomic mass is 10.0. The van der Waals surface area contributed by atoms with Gasteiger partial charge in [-0.05, 0) is 44.0 Å². The van der Waals surface area contributed by atoms with Gasteiger partial charge < -0.3 is 19.4 Å². The predicted molar refractivity (Wildman–Crippen MR) is 165 cm³/mol. The Kier molecular flexibility index (Phi) is 8.29. The van der Waals surface area contributed by atoms with E-state index in [1.165, 1.54) is 11.0 Å². The SMILES string of the molecule is C=C(F)C(=O)N1CCN(c2nc(OCC3CCCN3C)nc3nc(-c4cccc5cccc(Cl)c45)c(F)cc23)C[C@@H]1CC#N. The number of anilines is 1.